The fraction of sp³-hybridized carbons (Fsp3) is 0.611. The van der Waals surface area contributed by atoms with Gasteiger partial charge in [0.05, 0.1) is 0 Å². The molecule has 1 aromatic carbocycles. The molecular formula is C18H28N2O2. The molecule has 0 aliphatic carbocycles. The molecule has 0 spiro atoms. The van der Waals surface area contributed by atoms with Crippen LogP contribution in [0.25, 0.3) is 0 Å². The van der Waals surface area contributed by atoms with Crippen LogP contribution in [0.4, 0.5) is 0 Å². The number of benzene rings is 1. The summed E-state index contributed by atoms with van der Waals surface area (Å²) in [7, 11) is 0. The van der Waals surface area contributed by atoms with Gasteiger partial charge in [0.25, 0.3) is 0 Å². The number of nitrogens with one attached hydrogen (secondary N) is 1. The number of rotatable bonds is 6. The van der Waals surface area contributed by atoms with E-state index in [2.05, 4.69) is 36.2 Å². The lowest BCUT2D eigenvalue weighted by Crippen LogP contribution is -2.45. The first-order valence-corrected chi connectivity index (χ1v) is 8.29. The molecule has 1 fully saturated rings. The molecule has 1 N–H and O–H groups in total. The van der Waals surface area contributed by atoms with Crippen molar-refractivity contribution in [2.45, 2.75) is 39.7 Å². The summed E-state index contributed by atoms with van der Waals surface area (Å²) in [5.41, 5.74) is 1.32. The third-order valence-electron chi connectivity index (χ3n) is 4.14. The second-order valence-corrected chi connectivity index (χ2v) is 6.44. The third-order valence-corrected chi connectivity index (χ3v) is 4.14. The molecule has 2 rings (SSSR count). The van der Waals surface area contributed by atoms with Gasteiger partial charge < -0.3 is 10.1 Å². The zero-order valence-electron chi connectivity index (χ0n) is 14.0. The maximum Gasteiger partial charge on any atom is 0.308 e. The molecule has 0 saturated carbocycles. The Bertz CT molecular complexity index is 464. The molecule has 1 saturated heterocycles. The van der Waals surface area contributed by atoms with Crippen molar-refractivity contribution in [1.29, 1.82) is 0 Å². The SMILES string of the molecule is CC(=O)Oc1ccc([C@H](CCC(C)C)N2CCNCC2)cc1. The standard InChI is InChI=1S/C18H28N2O2/c1-14(2)4-9-18(20-12-10-19-11-13-20)16-5-7-17(8-6-16)22-15(3)21/h5-8,14,18-19H,4,9-13H2,1-3H3/t18-/m0/s1. The topological polar surface area (TPSA) is 41.6 Å². The normalized spacial score (nSPS) is 17.5. The van der Waals surface area contributed by atoms with E-state index in [0.717, 1.165) is 26.2 Å². The van der Waals surface area contributed by atoms with Crippen LogP contribution in [-0.4, -0.2) is 37.0 Å². The second-order valence-electron chi connectivity index (χ2n) is 6.44. The number of hydrogen-bond donors (Lipinski definition) is 1. The Morgan fingerprint density at radius 2 is 1.82 bits per heavy atom. The van der Waals surface area contributed by atoms with E-state index < -0.39 is 0 Å². The highest BCUT2D eigenvalue weighted by molar-refractivity contribution is 5.69. The van der Waals surface area contributed by atoms with Crippen LogP contribution in [0, 0.1) is 5.92 Å². The number of esters is 1. The van der Waals surface area contributed by atoms with E-state index >= 15 is 0 Å². The zero-order valence-corrected chi connectivity index (χ0v) is 14.0. The summed E-state index contributed by atoms with van der Waals surface area (Å²) < 4.78 is 5.13. The van der Waals surface area contributed by atoms with Gasteiger partial charge in [0.15, 0.2) is 0 Å². The molecule has 1 atom stereocenters. The van der Waals surface area contributed by atoms with E-state index in [1.807, 2.05) is 12.1 Å². The minimum Gasteiger partial charge on any atom is -0.427 e. The van der Waals surface area contributed by atoms with Gasteiger partial charge in [-0.3, -0.25) is 9.69 Å². The maximum atomic E-state index is 11.0. The molecule has 0 bridgehead atoms. The molecule has 0 amide bonds. The van der Waals surface area contributed by atoms with Crippen molar-refractivity contribution in [3.63, 3.8) is 0 Å². The Hall–Kier alpha value is -1.39. The van der Waals surface area contributed by atoms with Gasteiger partial charge in [0.1, 0.15) is 5.75 Å². The molecule has 1 aliphatic heterocycles. The van der Waals surface area contributed by atoms with E-state index in [1.54, 1.807) is 0 Å². The van der Waals surface area contributed by atoms with Crippen LogP contribution in [0.3, 0.4) is 0 Å². The number of hydrogen-bond acceptors (Lipinski definition) is 4. The van der Waals surface area contributed by atoms with E-state index in [-0.39, 0.29) is 5.97 Å². The van der Waals surface area contributed by atoms with Crippen molar-refractivity contribution >= 4 is 5.97 Å². The lowest BCUT2D eigenvalue weighted by Gasteiger charge is -2.35. The molecule has 4 nitrogen and oxygen atoms in total. The summed E-state index contributed by atoms with van der Waals surface area (Å²) in [6, 6.07) is 8.47. The average molecular weight is 304 g/mol. The molecule has 1 heterocycles. The maximum absolute atomic E-state index is 11.0. The summed E-state index contributed by atoms with van der Waals surface area (Å²) in [5, 5.41) is 3.42. The number of nitrogens with zero attached hydrogens (tertiary/aromatic N) is 1. The van der Waals surface area contributed by atoms with Crippen molar-refractivity contribution in [3.8, 4) is 5.75 Å². The van der Waals surface area contributed by atoms with Crippen molar-refractivity contribution in [2.75, 3.05) is 26.2 Å². The van der Waals surface area contributed by atoms with Gasteiger partial charge in [-0.05, 0) is 36.5 Å². The molecule has 1 aromatic rings. The summed E-state index contributed by atoms with van der Waals surface area (Å²) >= 11 is 0. The quantitative estimate of drug-likeness (QED) is 0.648. The van der Waals surface area contributed by atoms with Crippen LogP contribution in [0.2, 0.25) is 0 Å². The van der Waals surface area contributed by atoms with Crippen LogP contribution < -0.4 is 10.1 Å². The fourth-order valence-electron chi connectivity index (χ4n) is 2.97. The first-order valence-electron chi connectivity index (χ1n) is 8.29. The van der Waals surface area contributed by atoms with E-state index in [0.29, 0.717) is 17.7 Å². The number of carbonyl (C=O) groups is 1. The van der Waals surface area contributed by atoms with E-state index in [4.69, 9.17) is 4.74 Å². The average Bonchev–Trinajstić information content (AvgIpc) is 2.49. The lowest BCUT2D eigenvalue weighted by atomic mass is 9.95. The van der Waals surface area contributed by atoms with Crippen LogP contribution in [-0.2, 0) is 4.79 Å². The molecule has 0 radical (unpaired) electrons. The smallest absolute Gasteiger partial charge is 0.308 e. The lowest BCUT2D eigenvalue weighted by molar-refractivity contribution is -0.131. The van der Waals surface area contributed by atoms with Crippen LogP contribution in [0.15, 0.2) is 24.3 Å². The minimum atomic E-state index is -0.272. The Morgan fingerprint density at radius 3 is 2.36 bits per heavy atom. The highest BCUT2D eigenvalue weighted by atomic mass is 16.5. The predicted octanol–water partition coefficient (Wildman–Crippen LogP) is 2.99. The van der Waals surface area contributed by atoms with Crippen molar-refractivity contribution in [2.24, 2.45) is 5.92 Å². The molecule has 4 heteroatoms. The summed E-state index contributed by atoms with van der Waals surface area (Å²) in [5.74, 6) is 1.07. The molecular weight excluding hydrogens is 276 g/mol. The number of carbonyl (C=O) groups excluding carboxylic acids is 1. The van der Waals surface area contributed by atoms with Gasteiger partial charge in [-0.2, -0.15) is 0 Å². The van der Waals surface area contributed by atoms with Gasteiger partial charge in [0, 0.05) is 39.1 Å². The molecule has 122 valence electrons. The third kappa shape index (κ3) is 5.11. The Balaban J connectivity index is 2.10. The van der Waals surface area contributed by atoms with E-state index in [9.17, 15) is 4.79 Å². The summed E-state index contributed by atoms with van der Waals surface area (Å²) in [6.45, 7) is 10.3. The van der Waals surface area contributed by atoms with Crippen molar-refractivity contribution in [3.05, 3.63) is 29.8 Å². The van der Waals surface area contributed by atoms with Crippen LogP contribution in [0.1, 0.15) is 45.2 Å². The number of piperazine rings is 1. The van der Waals surface area contributed by atoms with Gasteiger partial charge in [-0.1, -0.05) is 26.0 Å². The minimum absolute atomic E-state index is 0.272. The monoisotopic (exact) mass is 304 g/mol. The largest absolute Gasteiger partial charge is 0.427 e. The highest BCUT2D eigenvalue weighted by Gasteiger charge is 2.22. The predicted molar refractivity (Wildman–Crippen MR) is 89.0 cm³/mol. The first-order chi connectivity index (χ1) is 10.6. The second kappa shape index (κ2) is 8.30. The molecule has 0 aromatic heterocycles. The van der Waals surface area contributed by atoms with Crippen molar-refractivity contribution in [1.82, 2.24) is 10.2 Å². The Kier molecular flexibility index (Phi) is 6.40. The zero-order chi connectivity index (χ0) is 15.9. The van der Waals surface area contributed by atoms with Crippen molar-refractivity contribution < 1.29 is 9.53 Å². The van der Waals surface area contributed by atoms with Gasteiger partial charge in [-0.15, -0.1) is 0 Å². The summed E-state index contributed by atoms with van der Waals surface area (Å²) in [6.07, 6.45) is 2.39. The molecule has 22 heavy (non-hydrogen) atoms. The fourth-order valence-corrected chi connectivity index (χ4v) is 2.97. The van der Waals surface area contributed by atoms with Crippen LogP contribution in [0.5, 0.6) is 5.75 Å². The van der Waals surface area contributed by atoms with E-state index in [1.165, 1.54) is 25.3 Å². The number of ether oxygens (including phenoxy) is 1. The molecule has 1 aliphatic rings. The molecule has 0 unspecified atom stereocenters. The Morgan fingerprint density at radius 1 is 1.18 bits per heavy atom. The Labute approximate surface area is 133 Å². The van der Waals surface area contributed by atoms with Crippen LogP contribution >= 0.6 is 0 Å². The van der Waals surface area contributed by atoms with Gasteiger partial charge in [0.2, 0.25) is 0 Å². The first kappa shape index (κ1) is 17.0. The highest BCUT2D eigenvalue weighted by Crippen LogP contribution is 2.29. The summed E-state index contributed by atoms with van der Waals surface area (Å²) in [4.78, 5) is 13.6. The van der Waals surface area contributed by atoms with Gasteiger partial charge in [-0.25, -0.2) is 0 Å². The van der Waals surface area contributed by atoms with Gasteiger partial charge >= 0.3 is 5.97 Å².